The zero-order valence-corrected chi connectivity index (χ0v) is 13.2. The minimum atomic E-state index is -0.261. The number of aromatic nitrogens is 3. The minimum absolute atomic E-state index is 0.261. The van der Waals surface area contributed by atoms with Crippen molar-refractivity contribution in [1.29, 1.82) is 5.26 Å². The second kappa shape index (κ2) is 5.85. The van der Waals surface area contributed by atoms with Gasteiger partial charge in [-0.1, -0.05) is 24.7 Å². The average molecular weight is 314 g/mol. The van der Waals surface area contributed by atoms with Gasteiger partial charge in [-0.2, -0.15) is 14.9 Å². The number of hydrogen-bond acceptors (Lipinski definition) is 4. The maximum absolute atomic E-state index is 13.4. The summed E-state index contributed by atoms with van der Waals surface area (Å²) in [6, 6.07) is 6.93. The average Bonchev–Trinajstić information content (AvgIpc) is 3.04. The van der Waals surface area contributed by atoms with Gasteiger partial charge in [-0.3, -0.25) is 0 Å². The maximum atomic E-state index is 13.4. The van der Waals surface area contributed by atoms with Gasteiger partial charge in [0.2, 0.25) is 4.96 Å². The van der Waals surface area contributed by atoms with Gasteiger partial charge in [0, 0.05) is 12.0 Å². The normalized spacial score (nSPS) is 11.0. The summed E-state index contributed by atoms with van der Waals surface area (Å²) in [6.45, 7) is 3.83. The number of unbranched alkanes of at least 4 members (excludes halogenated alkanes) is 1. The highest BCUT2D eigenvalue weighted by Crippen LogP contribution is 2.28. The SMILES string of the molecule is CCCCc1nn2c(C#N)c(-c3ccc(F)c(C)c3)nc2s1. The third kappa shape index (κ3) is 2.48. The van der Waals surface area contributed by atoms with E-state index >= 15 is 0 Å². The molecular formula is C16H15FN4S. The molecule has 2 heterocycles. The second-order valence-electron chi connectivity index (χ2n) is 5.18. The van der Waals surface area contributed by atoms with Crippen molar-refractivity contribution in [2.75, 3.05) is 0 Å². The quantitative estimate of drug-likeness (QED) is 0.728. The van der Waals surface area contributed by atoms with E-state index in [9.17, 15) is 9.65 Å². The van der Waals surface area contributed by atoms with Crippen molar-refractivity contribution in [3.8, 4) is 17.3 Å². The Morgan fingerprint density at radius 1 is 1.41 bits per heavy atom. The Kier molecular flexibility index (Phi) is 3.90. The highest BCUT2D eigenvalue weighted by atomic mass is 32.1. The first kappa shape index (κ1) is 14.7. The van der Waals surface area contributed by atoms with Crippen LogP contribution in [0.5, 0.6) is 0 Å². The molecule has 6 heteroatoms. The predicted octanol–water partition coefficient (Wildman–Crippen LogP) is 4.12. The van der Waals surface area contributed by atoms with E-state index in [0.717, 1.165) is 29.8 Å². The fraction of sp³-hybridized carbons (Fsp3) is 0.312. The van der Waals surface area contributed by atoms with Crippen LogP contribution in [0.3, 0.4) is 0 Å². The predicted molar refractivity (Wildman–Crippen MR) is 84.3 cm³/mol. The molecule has 0 amide bonds. The van der Waals surface area contributed by atoms with E-state index in [1.165, 1.54) is 17.4 Å². The zero-order valence-electron chi connectivity index (χ0n) is 12.4. The summed E-state index contributed by atoms with van der Waals surface area (Å²) in [6.07, 6.45) is 3.08. The molecule has 0 fully saturated rings. The number of nitrogens with zero attached hydrogens (tertiary/aromatic N) is 4. The summed E-state index contributed by atoms with van der Waals surface area (Å²) in [4.78, 5) is 5.24. The lowest BCUT2D eigenvalue weighted by Gasteiger charge is -2.01. The molecule has 0 bridgehead atoms. The summed E-state index contributed by atoms with van der Waals surface area (Å²) < 4.78 is 15.0. The van der Waals surface area contributed by atoms with Crippen molar-refractivity contribution < 1.29 is 4.39 Å². The summed E-state index contributed by atoms with van der Waals surface area (Å²) in [5.41, 5.74) is 2.24. The van der Waals surface area contributed by atoms with Crippen molar-refractivity contribution in [3.63, 3.8) is 0 Å². The number of nitriles is 1. The number of aryl methyl sites for hydroxylation is 2. The summed E-state index contributed by atoms with van der Waals surface area (Å²) in [5.74, 6) is -0.261. The van der Waals surface area contributed by atoms with Gasteiger partial charge in [0.05, 0.1) is 0 Å². The molecule has 0 saturated carbocycles. The van der Waals surface area contributed by atoms with Crippen LogP contribution in [0.25, 0.3) is 16.2 Å². The second-order valence-corrected chi connectivity index (χ2v) is 6.22. The van der Waals surface area contributed by atoms with Crippen LogP contribution >= 0.6 is 11.3 Å². The standard InChI is InChI=1S/C16H15FN4S/c1-3-4-5-14-20-21-13(9-18)15(19-16(21)22-14)11-6-7-12(17)10(2)8-11/h6-8H,3-5H2,1-2H3. The fourth-order valence-electron chi connectivity index (χ4n) is 2.31. The van der Waals surface area contributed by atoms with Crippen molar-refractivity contribution >= 4 is 16.3 Å². The Morgan fingerprint density at radius 3 is 2.91 bits per heavy atom. The first-order valence-electron chi connectivity index (χ1n) is 7.19. The molecule has 0 aliphatic rings. The molecule has 2 aromatic heterocycles. The molecule has 0 atom stereocenters. The molecule has 1 aromatic carbocycles. The first-order chi connectivity index (χ1) is 10.6. The highest BCUT2D eigenvalue weighted by Gasteiger charge is 2.18. The van der Waals surface area contributed by atoms with Crippen LogP contribution in [0.2, 0.25) is 0 Å². The zero-order chi connectivity index (χ0) is 15.7. The highest BCUT2D eigenvalue weighted by molar-refractivity contribution is 7.16. The lowest BCUT2D eigenvalue weighted by atomic mass is 10.1. The number of fused-ring (bicyclic) bond motifs is 1. The van der Waals surface area contributed by atoms with Gasteiger partial charge in [0.1, 0.15) is 22.6 Å². The topological polar surface area (TPSA) is 54.0 Å². The Hall–Kier alpha value is -2.26. The first-order valence-corrected chi connectivity index (χ1v) is 8.00. The van der Waals surface area contributed by atoms with E-state index in [1.807, 2.05) is 0 Å². The van der Waals surface area contributed by atoms with E-state index in [1.54, 1.807) is 23.6 Å². The van der Waals surface area contributed by atoms with E-state index in [2.05, 4.69) is 23.1 Å². The number of imidazole rings is 1. The number of halogens is 1. The van der Waals surface area contributed by atoms with Crippen molar-refractivity contribution in [2.45, 2.75) is 33.1 Å². The molecule has 4 nitrogen and oxygen atoms in total. The van der Waals surface area contributed by atoms with Crippen LogP contribution in [0.4, 0.5) is 4.39 Å². The third-order valence-corrected chi connectivity index (χ3v) is 4.50. The number of benzene rings is 1. The monoisotopic (exact) mass is 314 g/mol. The van der Waals surface area contributed by atoms with Crippen LogP contribution in [-0.2, 0) is 6.42 Å². The Labute approximate surface area is 131 Å². The molecule has 0 N–H and O–H groups in total. The molecule has 0 saturated heterocycles. The van der Waals surface area contributed by atoms with Gasteiger partial charge < -0.3 is 0 Å². The van der Waals surface area contributed by atoms with Crippen LogP contribution < -0.4 is 0 Å². The third-order valence-electron chi connectivity index (χ3n) is 3.53. The fourth-order valence-corrected chi connectivity index (χ4v) is 3.25. The number of hydrogen-bond donors (Lipinski definition) is 0. The Morgan fingerprint density at radius 2 is 2.23 bits per heavy atom. The summed E-state index contributed by atoms with van der Waals surface area (Å²) in [7, 11) is 0. The lowest BCUT2D eigenvalue weighted by molar-refractivity contribution is 0.619. The lowest BCUT2D eigenvalue weighted by Crippen LogP contribution is -1.93. The molecule has 0 aliphatic heterocycles. The van der Waals surface area contributed by atoms with E-state index in [0.29, 0.717) is 21.9 Å². The molecular weight excluding hydrogens is 299 g/mol. The molecule has 0 radical (unpaired) electrons. The van der Waals surface area contributed by atoms with E-state index in [4.69, 9.17) is 0 Å². The van der Waals surface area contributed by atoms with E-state index in [-0.39, 0.29) is 5.82 Å². The van der Waals surface area contributed by atoms with Crippen molar-refractivity contribution in [2.24, 2.45) is 0 Å². The Balaban J connectivity index is 2.08. The van der Waals surface area contributed by atoms with Crippen LogP contribution in [0, 0.1) is 24.1 Å². The van der Waals surface area contributed by atoms with Crippen molar-refractivity contribution in [3.05, 3.63) is 40.3 Å². The molecule has 3 rings (SSSR count). The minimum Gasteiger partial charge on any atom is -0.216 e. The van der Waals surface area contributed by atoms with Crippen LogP contribution in [0.15, 0.2) is 18.2 Å². The van der Waals surface area contributed by atoms with Gasteiger partial charge in [-0.25, -0.2) is 9.37 Å². The van der Waals surface area contributed by atoms with Gasteiger partial charge in [0.25, 0.3) is 0 Å². The van der Waals surface area contributed by atoms with Gasteiger partial charge >= 0.3 is 0 Å². The van der Waals surface area contributed by atoms with Crippen LogP contribution in [0.1, 0.15) is 36.0 Å². The smallest absolute Gasteiger partial charge is 0.214 e. The molecule has 0 spiro atoms. The molecule has 0 unspecified atom stereocenters. The molecule has 3 aromatic rings. The summed E-state index contributed by atoms with van der Waals surface area (Å²) >= 11 is 1.51. The van der Waals surface area contributed by atoms with Gasteiger partial charge in [-0.15, -0.1) is 0 Å². The Bertz CT molecular complexity index is 872. The number of rotatable bonds is 4. The van der Waals surface area contributed by atoms with Gasteiger partial charge in [-0.05, 0) is 37.1 Å². The summed E-state index contributed by atoms with van der Waals surface area (Å²) in [5, 5.41) is 14.9. The molecule has 0 aliphatic carbocycles. The molecule has 112 valence electrons. The maximum Gasteiger partial charge on any atom is 0.214 e. The van der Waals surface area contributed by atoms with Crippen molar-refractivity contribution in [1.82, 2.24) is 14.6 Å². The van der Waals surface area contributed by atoms with Gasteiger partial charge in [0.15, 0.2) is 5.69 Å². The van der Waals surface area contributed by atoms with E-state index < -0.39 is 0 Å². The molecule has 22 heavy (non-hydrogen) atoms. The largest absolute Gasteiger partial charge is 0.216 e. The van der Waals surface area contributed by atoms with Crippen LogP contribution in [-0.4, -0.2) is 14.6 Å².